The molecule has 3 N–H and O–H groups in total. The van der Waals surface area contributed by atoms with Crippen molar-refractivity contribution in [3.8, 4) is 0 Å². The average molecular weight is 291 g/mol. The number of hydrogen-bond donors (Lipinski definition) is 2. The molecule has 1 aromatic heterocycles. The van der Waals surface area contributed by atoms with Crippen LogP contribution in [-0.2, 0) is 0 Å². The van der Waals surface area contributed by atoms with Crippen LogP contribution in [0.1, 0.15) is 23.4 Å². The Morgan fingerprint density at radius 1 is 1.57 bits per heavy atom. The fraction of sp³-hybridized carbons (Fsp3) is 0.600. The van der Waals surface area contributed by atoms with E-state index < -0.39 is 0 Å². The largest absolute Gasteiger partial charge is 0.409 e. The van der Waals surface area contributed by atoms with Gasteiger partial charge in [-0.25, -0.2) is 0 Å². The van der Waals surface area contributed by atoms with Crippen LogP contribution in [0.15, 0.2) is 11.2 Å². The van der Waals surface area contributed by atoms with Gasteiger partial charge in [0.2, 0.25) is 0 Å². The highest BCUT2D eigenvalue weighted by Gasteiger charge is 2.23. The molecular formula is C15H25N5O. The van der Waals surface area contributed by atoms with Gasteiger partial charge in [0.15, 0.2) is 5.84 Å². The number of aryl methyl sites for hydroxylation is 2. The lowest BCUT2D eigenvalue weighted by molar-refractivity contribution is 0.318. The fourth-order valence-corrected chi connectivity index (χ4v) is 3.14. The maximum atomic E-state index is 9.02. The van der Waals surface area contributed by atoms with Crippen LogP contribution >= 0.6 is 0 Å². The first-order chi connectivity index (χ1) is 9.92. The van der Waals surface area contributed by atoms with Gasteiger partial charge in [0, 0.05) is 25.8 Å². The van der Waals surface area contributed by atoms with E-state index in [9.17, 15) is 0 Å². The lowest BCUT2D eigenvalue weighted by atomic mass is 10.1. The summed E-state index contributed by atoms with van der Waals surface area (Å²) in [7, 11) is 4.21. The SMILES string of the molecule is Cc1cc(N(C)CC2CCN(C)C2)c(/C(N)=N/O)c(C)n1. The van der Waals surface area contributed by atoms with E-state index in [2.05, 4.69) is 34.0 Å². The molecule has 116 valence electrons. The molecule has 1 aromatic rings. The Morgan fingerprint density at radius 3 is 2.86 bits per heavy atom. The molecular weight excluding hydrogens is 266 g/mol. The van der Waals surface area contributed by atoms with Crippen molar-refractivity contribution in [1.29, 1.82) is 0 Å². The molecule has 0 aliphatic carbocycles. The summed E-state index contributed by atoms with van der Waals surface area (Å²) in [5.74, 6) is 0.763. The Hall–Kier alpha value is -1.82. The molecule has 1 atom stereocenters. The van der Waals surface area contributed by atoms with Crippen molar-refractivity contribution < 1.29 is 5.21 Å². The normalized spacial score (nSPS) is 20.0. The van der Waals surface area contributed by atoms with Crippen molar-refractivity contribution in [2.45, 2.75) is 20.3 Å². The standard InChI is InChI=1S/C15H25N5O/c1-10-7-13(14(11(2)17-10)15(16)18-21)20(4)9-12-5-6-19(3)8-12/h7,12,21H,5-6,8-9H2,1-4H3,(H2,16,18). The average Bonchev–Trinajstić information content (AvgIpc) is 2.82. The first-order valence-corrected chi connectivity index (χ1v) is 7.28. The van der Waals surface area contributed by atoms with Crippen LogP contribution < -0.4 is 10.6 Å². The van der Waals surface area contributed by atoms with Gasteiger partial charge >= 0.3 is 0 Å². The molecule has 1 fully saturated rings. The summed E-state index contributed by atoms with van der Waals surface area (Å²) in [6, 6.07) is 2.00. The van der Waals surface area contributed by atoms with E-state index in [1.165, 1.54) is 6.42 Å². The Kier molecular flexibility index (Phi) is 4.67. The molecule has 0 spiro atoms. The molecule has 1 aliphatic heterocycles. The molecule has 1 aliphatic rings. The number of nitrogens with zero attached hydrogens (tertiary/aromatic N) is 4. The van der Waals surface area contributed by atoms with Gasteiger partial charge in [0.05, 0.1) is 16.9 Å². The Bertz CT molecular complexity index is 543. The molecule has 1 unspecified atom stereocenters. The third-order valence-corrected chi connectivity index (χ3v) is 4.10. The van der Waals surface area contributed by atoms with Crippen molar-refractivity contribution in [3.05, 3.63) is 23.0 Å². The van der Waals surface area contributed by atoms with Crippen LogP contribution in [0.5, 0.6) is 0 Å². The summed E-state index contributed by atoms with van der Waals surface area (Å²) in [5.41, 5.74) is 9.26. The van der Waals surface area contributed by atoms with Crippen molar-refractivity contribution in [2.24, 2.45) is 16.8 Å². The number of pyridine rings is 1. The third kappa shape index (κ3) is 3.44. The zero-order chi connectivity index (χ0) is 15.6. The maximum absolute atomic E-state index is 9.02. The third-order valence-electron chi connectivity index (χ3n) is 4.10. The number of likely N-dealkylation sites (tertiary alicyclic amines) is 1. The maximum Gasteiger partial charge on any atom is 0.174 e. The molecule has 2 heterocycles. The smallest absolute Gasteiger partial charge is 0.174 e. The second-order valence-electron chi connectivity index (χ2n) is 6.03. The van der Waals surface area contributed by atoms with E-state index in [-0.39, 0.29) is 5.84 Å². The molecule has 1 saturated heterocycles. The van der Waals surface area contributed by atoms with Crippen molar-refractivity contribution >= 4 is 11.5 Å². The van der Waals surface area contributed by atoms with Gasteiger partial charge in [0.25, 0.3) is 0 Å². The minimum Gasteiger partial charge on any atom is -0.409 e. The lowest BCUT2D eigenvalue weighted by Gasteiger charge is -2.26. The van der Waals surface area contributed by atoms with Crippen molar-refractivity contribution in [2.75, 3.05) is 38.6 Å². The van der Waals surface area contributed by atoms with Gasteiger partial charge < -0.3 is 20.7 Å². The predicted molar refractivity (Wildman–Crippen MR) is 85.1 cm³/mol. The molecule has 21 heavy (non-hydrogen) atoms. The highest BCUT2D eigenvalue weighted by molar-refractivity contribution is 6.03. The molecule has 0 amide bonds. The minimum atomic E-state index is 0.116. The fourth-order valence-electron chi connectivity index (χ4n) is 3.14. The van der Waals surface area contributed by atoms with Crippen LogP contribution in [0.2, 0.25) is 0 Å². The van der Waals surface area contributed by atoms with Crippen LogP contribution in [0.3, 0.4) is 0 Å². The zero-order valence-electron chi connectivity index (χ0n) is 13.3. The van der Waals surface area contributed by atoms with Crippen LogP contribution in [0.25, 0.3) is 0 Å². The summed E-state index contributed by atoms with van der Waals surface area (Å²) in [4.78, 5) is 8.97. The molecule has 0 saturated carbocycles. The minimum absolute atomic E-state index is 0.116. The molecule has 0 radical (unpaired) electrons. The van der Waals surface area contributed by atoms with Gasteiger partial charge in [-0.3, -0.25) is 4.98 Å². The summed E-state index contributed by atoms with van der Waals surface area (Å²) in [5, 5.41) is 12.2. The summed E-state index contributed by atoms with van der Waals surface area (Å²) in [6.45, 7) is 7.08. The van der Waals surface area contributed by atoms with Crippen molar-refractivity contribution in [3.63, 3.8) is 0 Å². The topological polar surface area (TPSA) is 78.0 Å². The van der Waals surface area contributed by atoms with Crippen molar-refractivity contribution in [1.82, 2.24) is 9.88 Å². The molecule has 2 rings (SSSR count). The first kappa shape index (κ1) is 15.6. The number of oxime groups is 1. The van der Waals surface area contributed by atoms with Gasteiger partial charge in [0.1, 0.15) is 0 Å². The van der Waals surface area contributed by atoms with E-state index in [4.69, 9.17) is 10.9 Å². The number of aromatic nitrogens is 1. The van der Waals surface area contributed by atoms with E-state index >= 15 is 0 Å². The summed E-state index contributed by atoms with van der Waals surface area (Å²) < 4.78 is 0. The number of amidine groups is 1. The zero-order valence-corrected chi connectivity index (χ0v) is 13.3. The van der Waals surface area contributed by atoms with Crippen LogP contribution in [0, 0.1) is 19.8 Å². The second kappa shape index (κ2) is 6.30. The molecule has 6 heteroatoms. The number of rotatable bonds is 4. The van der Waals surface area contributed by atoms with E-state index in [0.29, 0.717) is 5.92 Å². The molecule has 0 bridgehead atoms. The number of anilines is 1. The van der Waals surface area contributed by atoms with Gasteiger partial charge in [-0.1, -0.05) is 5.16 Å². The quantitative estimate of drug-likeness (QED) is 0.377. The monoisotopic (exact) mass is 291 g/mol. The van der Waals surface area contributed by atoms with Gasteiger partial charge in [-0.2, -0.15) is 0 Å². The van der Waals surface area contributed by atoms with Crippen LogP contribution in [-0.4, -0.2) is 54.7 Å². The molecule has 0 aromatic carbocycles. The highest BCUT2D eigenvalue weighted by Crippen LogP contribution is 2.25. The summed E-state index contributed by atoms with van der Waals surface area (Å²) in [6.07, 6.45) is 1.21. The van der Waals surface area contributed by atoms with Gasteiger partial charge in [-0.15, -0.1) is 0 Å². The highest BCUT2D eigenvalue weighted by atomic mass is 16.4. The first-order valence-electron chi connectivity index (χ1n) is 7.28. The Morgan fingerprint density at radius 2 is 2.29 bits per heavy atom. The summed E-state index contributed by atoms with van der Waals surface area (Å²) >= 11 is 0. The van der Waals surface area contributed by atoms with Gasteiger partial charge in [-0.05, 0) is 45.8 Å². The number of nitrogens with two attached hydrogens (primary N) is 1. The lowest BCUT2D eigenvalue weighted by Crippen LogP contribution is -2.30. The molecule has 6 nitrogen and oxygen atoms in total. The van der Waals surface area contributed by atoms with E-state index in [1.807, 2.05) is 19.9 Å². The van der Waals surface area contributed by atoms with E-state index in [0.717, 1.165) is 42.3 Å². The second-order valence-corrected chi connectivity index (χ2v) is 6.03. The van der Waals surface area contributed by atoms with Crippen LogP contribution in [0.4, 0.5) is 5.69 Å². The Labute approximate surface area is 126 Å². The predicted octanol–water partition coefficient (Wildman–Crippen LogP) is 1.18. The van der Waals surface area contributed by atoms with E-state index in [1.54, 1.807) is 0 Å². The number of hydrogen-bond acceptors (Lipinski definition) is 5. The Balaban J connectivity index is 2.29.